The highest BCUT2D eigenvalue weighted by Crippen LogP contribution is 2.26. The number of nitrogens with one attached hydrogen (secondary N) is 1. The van der Waals surface area contributed by atoms with Crippen molar-refractivity contribution in [2.24, 2.45) is 0 Å². The van der Waals surface area contributed by atoms with Crippen molar-refractivity contribution in [2.75, 3.05) is 5.32 Å². The van der Waals surface area contributed by atoms with Crippen LogP contribution in [0.1, 0.15) is 11.1 Å². The lowest BCUT2D eigenvalue weighted by Crippen LogP contribution is -2.19. The second-order valence-corrected chi connectivity index (χ2v) is 5.72. The lowest BCUT2D eigenvalue weighted by molar-refractivity contribution is -0.389. The van der Waals surface area contributed by atoms with E-state index in [4.69, 9.17) is 10.00 Å². The smallest absolute Gasteiger partial charge is 0.389 e. The number of nitrogens with zero attached hydrogens (tertiary/aromatic N) is 5. The highest BCUT2D eigenvalue weighted by Gasteiger charge is 2.14. The largest absolute Gasteiger partial charge is 0.438 e. The van der Waals surface area contributed by atoms with Crippen LogP contribution in [0.3, 0.4) is 0 Å². The van der Waals surface area contributed by atoms with Crippen LogP contribution >= 0.6 is 0 Å². The van der Waals surface area contributed by atoms with Crippen molar-refractivity contribution in [3.63, 3.8) is 0 Å². The molecule has 0 bridgehead atoms. The second kappa shape index (κ2) is 7.96. The van der Waals surface area contributed by atoms with Gasteiger partial charge >= 0.3 is 5.82 Å². The number of pyridine rings is 1. The van der Waals surface area contributed by atoms with Gasteiger partial charge in [-0.2, -0.15) is 9.94 Å². The van der Waals surface area contributed by atoms with Crippen LogP contribution in [0.15, 0.2) is 48.8 Å². The van der Waals surface area contributed by atoms with Crippen molar-refractivity contribution in [1.29, 1.82) is 5.26 Å². The summed E-state index contributed by atoms with van der Waals surface area (Å²) in [6, 6.07) is 11.5. The van der Waals surface area contributed by atoms with Crippen molar-refractivity contribution in [1.82, 2.24) is 14.8 Å². The molecule has 0 aliphatic rings. The van der Waals surface area contributed by atoms with E-state index >= 15 is 0 Å². The van der Waals surface area contributed by atoms with Gasteiger partial charge < -0.3 is 20.2 Å². The summed E-state index contributed by atoms with van der Waals surface area (Å²) in [4.78, 5) is 26.2. The molecule has 1 aromatic carbocycles. The minimum Gasteiger partial charge on any atom is -0.438 e. The Bertz CT molecular complexity index is 1090. The molecular formula is C18H14N6O4. The fraction of sp³-hybridized carbons (Fsp3) is 0.111. The fourth-order valence-electron chi connectivity index (χ4n) is 2.38. The van der Waals surface area contributed by atoms with E-state index in [0.717, 1.165) is 5.56 Å². The van der Waals surface area contributed by atoms with Gasteiger partial charge in [-0.3, -0.25) is 4.79 Å². The monoisotopic (exact) mass is 378 g/mol. The van der Waals surface area contributed by atoms with Crippen molar-refractivity contribution < 1.29 is 14.5 Å². The normalized spacial score (nSPS) is 10.1. The number of anilines is 1. The number of carbonyl (C=O) groups is 1. The predicted octanol–water partition coefficient (Wildman–Crippen LogP) is 2.80. The Labute approximate surface area is 159 Å². The molecule has 0 spiro atoms. The number of nitriles is 1. The third kappa shape index (κ3) is 4.28. The van der Waals surface area contributed by atoms with Gasteiger partial charge in [-0.15, -0.1) is 0 Å². The summed E-state index contributed by atoms with van der Waals surface area (Å²) in [6.07, 6.45) is 2.89. The zero-order chi connectivity index (χ0) is 20.1. The van der Waals surface area contributed by atoms with Gasteiger partial charge in [0, 0.05) is 11.9 Å². The van der Waals surface area contributed by atoms with E-state index in [-0.39, 0.29) is 24.1 Å². The van der Waals surface area contributed by atoms with Gasteiger partial charge in [-0.1, -0.05) is 0 Å². The molecule has 0 atom stereocenters. The minimum absolute atomic E-state index is 0.162. The average molecular weight is 378 g/mol. The topological polar surface area (TPSA) is 136 Å². The SMILES string of the molecule is Cc1cc(Oc2ncccc2C#N)ccc1NC(=O)Cn1ccc([N+](=O)[O-])n1. The predicted molar refractivity (Wildman–Crippen MR) is 97.7 cm³/mol. The van der Waals surface area contributed by atoms with Gasteiger partial charge in [0.1, 0.15) is 23.9 Å². The highest BCUT2D eigenvalue weighted by molar-refractivity contribution is 5.91. The molecule has 140 valence electrons. The summed E-state index contributed by atoms with van der Waals surface area (Å²) in [5, 5.41) is 26.1. The Morgan fingerprint density at radius 3 is 2.89 bits per heavy atom. The number of ether oxygens (including phenoxy) is 1. The van der Waals surface area contributed by atoms with Crippen LogP contribution in [-0.2, 0) is 11.3 Å². The zero-order valence-corrected chi connectivity index (χ0v) is 14.7. The van der Waals surface area contributed by atoms with E-state index < -0.39 is 4.92 Å². The molecule has 0 unspecified atom stereocenters. The first-order chi connectivity index (χ1) is 13.5. The van der Waals surface area contributed by atoms with Crippen molar-refractivity contribution >= 4 is 17.4 Å². The fourth-order valence-corrected chi connectivity index (χ4v) is 2.38. The first kappa shape index (κ1) is 18.5. The van der Waals surface area contributed by atoms with Crippen LogP contribution in [0.2, 0.25) is 0 Å². The molecule has 0 saturated carbocycles. The molecule has 0 aliphatic carbocycles. The summed E-state index contributed by atoms with van der Waals surface area (Å²) in [5.41, 5.74) is 1.60. The lowest BCUT2D eigenvalue weighted by Gasteiger charge is -2.11. The van der Waals surface area contributed by atoms with E-state index in [1.165, 1.54) is 23.1 Å². The van der Waals surface area contributed by atoms with Gasteiger partial charge in [0.25, 0.3) is 0 Å². The van der Waals surface area contributed by atoms with E-state index in [0.29, 0.717) is 17.0 Å². The number of benzene rings is 1. The van der Waals surface area contributed by atoms with Crippen LogP contribution in [0, 0.1) is 28.4 Å². The van der Waals surface area contributed by atoms with Gasteiger partial charge in [0.05, 0.1) is 17.4 Å². The quantitative estimate of drug-likeness (QED) is 0.514. The highest BCUT2D eigenvalue weighted by atomic mass is 16.6. The van der Waals surface area contributed by atoms with Crippen LogP contribution < -0.4 is 10.1 Å². The molecule has 0 saturated heterocycles. The maximum absolute atomic E-state index is 12.2. The maximum Gasteiger partial charge on any atom is 0.389 e. The molecule has 1 amide bonds. The van der Waals surface area contributed by atoms with Crippen LogP contribution in [0.5, 0.6) is 11.6 Å². The Kier molecular flexibility index (Phi) is 5.27. The summed E-state index contributed by atoms with van der Waals surface area (Å²) in [7, 11) is 0. The molecule has 0 radical (unpaired) electrons. The first-order valence-corrected chi connectivity index (χ1v) is 8.07. The minimum atomic E-state index is -0.628. The number of rotatable bonds is 6. The molecule has 3 aromatic rings. The summed E-state index contributed by atoms with van der Waals surface area (Å²) in [6.45, 7) is 1.62. The molecule has 2 aromatic heterocycles. The average Bonchev–Trinajstić information content (AvgIpc) is 3.13. The van der Waals surface area contributed by atoms with Gasteiger partial charge in [0.2, 0.25) is 11.8 Å². The van der Waals surface area contributed by atoms with E-state index in [1.807, 2.05) is 6.07 Å². The maximum atomic E-state index is 12.2. The molecule has 0 fully saturated rings. The Morgan fingerprint density at radius 1 is 1.39 bits per heavy atom. The number of nitro groups is 1. The van der Waals surface area contributed by atoms with Gasteiger partial charge in [-0.25, -0.2) is 4.98 Å². The van der Waals surface area contributed by atoms with Gasteiger partial charge in [-0.05, 0) is 47.7 Å². The third-order valence-corrected chi connectivity index (χ3v) is 3.70. The number of aromatic nitrogens is 3. The number of hydrogen-bond donors (Lipinski definition) is 1. The van der Waals surface area contributed by atoms with Gasteiger partial charge in [0.15, 0.2) is 0 Å². The zero-order valence-electron chi connectivity index (χ0n) is 14.7. The molecule has 3 rings (SSSR count). The Hall–Kier alpha value is -4.26. The van der Waals surface area contributed by atoms with Crippen LogP contribution in [0.4, 0.5) is 11.5 Å². The van der Waals surface area contributed by atoms with Crippen LogP contribution in [-0.4, -0.2) is 25.6 Å². The standard InChI is InChI=1S/C18H14N6O4/c1-12-9-14(28-18-13(10-19)3-2-7-20-18)4-5-15(12)21-17(25)11-23-8-6-16(22-23)24(26)27/h2-9H,11H2,1H3,(H,21,25). The van der Waals surface area contributed by atoms with Crippen molar-refractivity contribution in [2.45, 2.75) is 13.5 Å². The molecule has 10 heteroatoms. The Balaban J connectivity index is 1.67. The second-order valence-electron chi connectivity index (χ2n) is 5.72. The molecule has 28 heavy (non-hydrogen) atoms. The Morgan fingerprint density at radius 2 is 2.21 bits per heavy atom. The molecule has 2 heterocycles. The lowest BCUT2D eigenvalue weighted by atomic mass is 10.2. The van der Waals surface area contributed by atoms with E-state index in [9.17, 15) is 14.9 Å². The van der Waals surface area contributed by atoms with E-state index in [1.54, 1.807) is 37.3 Å². The van der Waals surface area contributed by atoms with Crippen molar-refractivity contribution in [3.05, 3.63) is 70.0 Å². The van der Waals surface area contributed by atoms with E-state index in [2.05, 4.69) is 15.4 Å². The summed E-state index contributed by atoms with van der Waals surface area (Å²) < 4.78 is 6.82. The molecular weight excluding hydrogens is 364 g/mol. The summed E-state index contributed by atoms with van der Waals surface area (Å²) in [5.74, 6) is -0.0436. The molecule has 0 aliphatic heterocycles. The number of carbonyl (C=O) groups excluding carboxylic acids is 1. The first-order valence-electron chi connectivity index (χ1n) is 8.07. The van der Waals surface area contributed by atoms with Crippen LogP contribution in [0.25, 0.3) is 0 Å². The number of hydrogen-bond acceptors (Lipinski definition) is 7. The molecule has 1 N–H and O–H groups in total. The molecule has 10 nitrogen and oxygen atoms in total. The number of amides is 1. The number of aryl methyl sites for hydroxylation is 1. The summed E-state index contributed by atoms with van der Waals surface area (Å²) >= 11 is 0. The van der Waals surface area contributed by atoms with Crippen molar-refractivity contribution in [3.8, 4) is 17.7 Å². The third-order valence-electron chi connectivity index (χ3n) is 3.70.